The topological polar surface area (TPSA) is 90.4 Å². The lowest BCUT2D eigenvalue weighted by Crippen LogP contribution is -2.49. The second-order valence-electron chi connectivity index (χ2n) is 9.05. The molecule has 204 valence electrons. The number of aliphatic hydroxyl groups excluding tert-OH is 1. The number of piperazine rings is 1. The molecule has 11 heteroatoms. The number of fused-ring (bicyclic) bond motifs is 1. The van der Waals surface area contributed by atoms with Crippen LogP contribution in [0.5, 0.6) is 11.5 Å². The maximum atomic E-state index is 11.9. The van der Waals surface area contributed by atoms with Crippen LogP contribution in [0.1, 0.15) is 17.5 Å². The number of ether oxygens (including phenoxy) is 2. The van der Waals surface area contributed by atoms with Crippen LogP contribution in [0.3, 0.4) is 0 Å². The first-order valence-electron chi connectivity index (χ1n) is 12.4. The molecule has 0 spiro atoms. The molecule has 2 aromatic rings. The van der Waals surface area contributed by atoms with E-state index in [1.54, 1.807) is 19.3 Å². The van der Waals surface area contributed by atoms with Gasteiger partial charge in [0.2, 0.25) is 5.91 Å². The predicted molar refractivity (Wildman–Crippen MR) is 152 cm³/mol. The van der Waals surface area contributed by atoms with E-state index in [2.05, 4.69) is 21.8 Å². The van der Waals surface area contributed by atoms with Gasteiger partial charge in [0.1, 0.15) is 17.3 Å². The molecule has 0 bridgehead atoms. The molecule has 4 rings (SSSR count). The minimum absolute atomic E-state index is 0.0301. The van der Waals surface area contributed by atoms with E-state index >= 15 is 0 Å². The van der Waals surface area contributed by atoms with Crippen molar-refractivity contribution in [1.82, 2.24) is 14.8 Å². The molecule has 9 nitrogen and oxygen atoms in total. The molecule has 1 fully saturated rings. The molecule has 0 radical (unpaired) electrons. The molecular weight excluding hydrogens is 529 g/mol. The van der Waals surface area contributed by atoms with E-state index in [-0.39, 0.29) is 5.91 Å². The summed E-state index contributed by atoms with van der Waals surface area (Å²) in [4.78, 5) is 22.4. The Hall–Kier alpha value is -2.98. The fraction of sp³-hybridized carbons (Fsp3) is 0.407. The van der Waals surface area contributed by atoms with Crippen LogP contribution in [0.2, 0.25) is 10.0 Å². The number of carbonyl (C=O) groups is 1. The number of amides is 1. The molecule has 1 saturated heterocycles. The molecule has 0 saturated carbocycles. The van der Waals surface area contributed by atoms with Crippen LogP contribution in [-0.2, 0) is 4.79 Å². The predicted octanol–water partition coefficient (Wildman–Crippen LogP) is 3.85. The van der Waals surface area contributed by atoms with Gasteiger partial charge in [-0.1, -0.05) is 29.8 Å². The number of nitrogens with zero attached hydrogens (tertiary/aromatic N) is 4. The number of nitrogens with one attached hydrogen (secondary N) is 1. The largest absolute Gasteiger partial charge is 0.495 e. The van der Waals surface area contributed by atoms with Gasteiger partial charge in [0.05, 0.1) is 30.0 Å². The van der Waals surface area contributed by atoms with Gasteiger partial charge in [-0.15, -0.1) is 0 Å². The van der Waals surface area contributed by atoms with E-state index in [0.717, 1.165) is 37.3 Å². The molecule has 1 atom stereocenters. The fourth-order valence-electron chi connectivity index (χ4n) is 4.86. The van der Waals surface area contributed by atoms with Crippen LogP contribution in [0.4, 0.5) is 11.5 Å². The molecule has 1 unspecified atom stereocenters. The van der Waals surface area contributed by atoms with Crippen molar-refractivity contribution in [2.75, 3.05) is 70.8 Å². The van der Waals surface area contributed by atoms with Crippen molar-refractivity contribution in [1.29, 1.82) is 0 Å². The van der Waals surface area contributed by atoms with Gasteiger partial charge in [0.25, 0.3) is 0 Å². The normalized spacial score (nSPS) is 17.5. The Morgan fingerprint density at radius 2 is 1.82 bits per heavy atom. The van der Waals surface area contributed by atoms with Gasteiger partial charge in [-0.3, -0.25) is 9.69 Å². The highest BCUT2D eigenvalue weighted by Crippen LogP contribution is 2.47. The summed E-state index contributed by atoms with van der Waals surface area (Å²) in [6.07, 6.45) is 4.74. The minimum atomic E-state index is -1.02. The van der Waals surface area contributed by atoms with Crippen molar-refractivity contribution in [3.63, 3.8) is 0 Å². The second-order valence-corrected chi connectivity index (χ2v) is 9.81. The lowest BCUT2D eigenvalue weighted by Gasteiger charge is -2.38. The first-order chi connectivity index (χ1) is 18.3. The number of aliphatic hydroxyl groups is 1. The van der Waals surface area contributed by atoms with Crippen molar-refractivity contribution in [3.05, 3.63) is 52.2 Å². The Bertz CT molecular complexity index is 1200. The summed E-state index contributed by atoms with van der Waals surface area (Å²) in [5.74, 6) is 1.45. The summed E-state index contributed by atoms with van der Waals surface area (Å²) >= 11 is 13.4. The smallest absolute Gasteiger partial charge is 0.246 e. The van der Waals surface area contributed by atoms with Gasteiger partial charge in [0.15, 0.2) is 6.23 Å². The zero-order valence-corrected chi connectivity index (χ0v) is 23.3. The molecule has 0 aliphatic carbocycles. The summed E-state index contributed by atoms with van der Waals surface area (Å²) in [7, 11) is 4.84. The van der Waals surface area contributed by atoms with Gasteiger partial charge in [-0.2, -0.15) is 0 Å². The Morgan fingerprint density at radius 3 is 2.39 bits per heavy atom. The lowest BCUT2D eigenvalue weighted by atomic mass is 9.95. The van der Waals surface area contributed by atoms with Crippen LogP contribution in [0.15, 0.2) is 31.0 Å². The van der Waals surface area contributed by atoms with E-state index in [4.69, 9.17) is 32.7 Å². The monoisotopic (exact) mass is 561 g/mol. The zero-order chi connectivity index (χ0) is 27.4. The van der Waals surface area contributed by atoms with Gasteiger partial charge in [-0.25, -0.2) is 4.98 Å². The SMILES string of the molecule is C=CC(=O)N1CCN(CCCN2c3cc(NC)ncc3C=C(c3c(Cl)c(OC)cc(OC)c3Cl)C2O)CC1. The van der Waals surface area contributed by atoms with E-state index in [9.17, 15) is 9.90 Å². The fourth-order valence-corrected chi connectivity index (χ4v) is 5.58. The Kier molecular flexibility index (Phi) is 9.04. The molecule has 1 amide bonds. The van der Waals surface area contributed by atoms with E-state index in [1.165, 1.54) is 20.3 Å². The summed E-state index contributed by atoms with van der Waals surface area (Å²) in [6, 6.07) is 3.54. The molecule has 2 N–H and O–H groups in total. The number of benzene rings is 1. The quantitative estimate of drug-likeness (QED) is 0.446. The second kappa shape index (κ2) is 12.3. The van der Waals surface area contributed by atoms with E-state index < -0.39 is 6.23 Å². The third kappa shape index (κ3) is 5.56. The summed E-state index contributed by atoms with van der Waals surface area (Å²) in [5.41, 5.74) is 2.66. The van der Waals surface area contributed by atoms with Crippen LogP contribution in [0.25, 0.3) is 11.6 Å². The van der Waals surface area contributed by atoms with E-state index in [1.807, 2.05) is 21.9 Å². The van der Waals surface area contributed by atoms with Gasteiger partial charge in [0, 0.05) is 74.8 Å². The highest BCUT2D eigenvalue weighted by Gasteiger charge is 2.32. The highest BCUT2D eigenvalue weighted by molar-refractivity contribution is 6.40. The molecule has 3 heterocycles. The maximum absolute atomic E-state index is 11.9. The summed E-state index contributed by atoms with van der Waals surface area (Å²) in [6.45, 7) is 7.92. The van der Waals surface area contributed by atoms with Crippen molar-refractivity contribution >= 4 is 52.3 Å². The first kappa shape index (κ1) is 28.0. The number of anilines is 2. The van der Waals surface area contributed by atoms with Gasteiger partial charge in [-0.05, 0) is 25.1 Å². The maximum Gasteiger partial charge on any atom is 0.246 e. The van der Waals surface area contributed by atoms with Crippen molar-refractivity contribution < 1.29 is 19.4 Å². The number of hydrogen-bond donors (Lipinski definition) is 2. The third-order valence-electron chi connectivity index (χ3n) is 6.96. The number of methoxy groups -OCH3 is 2. The number of aromatic nitrogens is 1. The first-order valence-corrected chi connectivity index (χ1v) is 13.2. The van der Waals surface area contributed by atoms with Crippen LogP contribution < -0.4 is 19.7 Å². The van der Waals surface area contributed by atoms with Crippen molar-refractivity contribution in [2.45, 2.75) is 12.6 Å². The molecule has 2 aliphatic rings. The average molecular weight is 562 g/mol. The van der Waals surface area contributed by atoms with Crippen LogP contribution in [-0.4, -0.2) is 92.6 Å². The number of hydrogen-bond acceptors (Lipinski definition) is 8. The number of pyridine rings is 1. The van der Waals surface area contributed by atoms with Gasteiger partial charge >= 0.3 is 0 Å². The zero-order valence-electron chi connectivity index (χ0n) is 21.8. The standard InChI is InChI=1S/C27H33Cl2N5O4/c1-5-23(35)33-11-9-32(10-12-33)7-6-8-34-19-14-22(30-2)31-16-17(19)13-18(27(34)36)24-25(28)20(37-3)15-21(38-4)26(24)29/h5,13-16,27,36H,1,6-12H2,2-4H3,(H,30,31). The molecule has 1 aromatic carbocycles. The molecule has 2 aliphatic heterocycles. The number of rotatable bonds is 9. The Morgan fingerprint density at radius 1 is 1.16 bits per heavy atom. The minimum Gasteiger partial charge on any atom is -0.495 e. The molecule has 1 aromatic heterocycles. The van der Waals surface area contributed by atoms with Crippen LogP contribution in [0, 0.1) is 0 Å². The number of halogens is 2. The third-order valence-corrected chi connectivity index (χ3v) is 7.71. The van der Waals surface area contributed by atoms with Gasteiger partial charge < -0.3 is 29.7 Å². The van der Waals surface area contributed by atoms with Crippen molar-refractivity contribution in [3.8, 4) is 11.5 Å². The lowest BCUT2D eigenvalue weighted by molar-refractivity contribution is -0.127. The van der Waals surface area contributed by atoms with E-state index in [0.29, 0.717) is 58.1 Å². The van der Waals surface area contributed by atoms with Crippen LogP contribution >= 0.6 is 23.2 Å². The number of carbonyl (C=O) groups excluding carboxylic acids is 1. The summed E-state index contributed by atoms with van der Waals surface area (Å²) < 4.78 is 10.9. The highest BCUT2D eigenvalue weighted by atomic mass is 35.5. The Balaban J connectivity index is 1.61. The summed E-state index contributed by atoms with van der Waals surface area (Å²) in [5, 5.41) is 15.3. The average Bonchev–Trinajstić information content (AvgIpc) is 2.94. The molecular formula is C27H33Cl2N5O4. The molecule has 38 heavy (non-hydrogen) atoms. The van der Waals surface area contributed by atoms with Crippen molar-refractivity contribution in [2.24, 2.45) is 0 Å². The Labute approximate surface area is 233 Å².